The third-order valence-electron chi connectivity index (χ3n) is 4.54. The molecule has 2 N–H and O–H groups in total. The maximum Gasteiger partial charge on any atom is 0.345 e. The summed E-state index contributed by atoms with van der Waals surface area (Å²) < 4.78 is 10.8. The van der Waals surface area contributed by atoms with Gasteiger partial charge in [0.15, 0.2) is 0 Å². The van der Waals surface area contributed by atoms with Gasteiger partial charge in [0.1, 0.15) is 11.5 Å². The van der Waals surface area contributed by atoms with Gasteiger partial charge in [0.25, 0.3) is 0 Å². The second kappa shape index (κ2) is 11.6. The standard InChI is InChI=1S/C25H22ClN3O5/c1-3-33-22-11-7-6-10-21(22)27-23(30)24(31)29-28-16(2)17-12-14-18(15-13-17)34-25(32)19-8-4-5-9-20(19)26/h4-15H,3H2,1-2H3,(H,27,30)(H,29,31). The number of hydrogen-bond donors (Lipinski definition) is 2. The number of nitrogens with zero attached hydrogens (tertiary/aromatic N) is 1. The molecule has 9 heteroatoms. The van der Waals surface area contributed by atoms with Gasteiger partial charge in [-0.3, -0.25) is 9.59 Å². The molecule has 0 aliphatic carbocycles. The number of rotatable bonds is 7. The van der Waals surface area contributed by atoms with Crippen LogP contribution in [-0.2, 0) is 9.59 Å². The van der Waals surface area contributed by atoms with Crippen LogP contribution in [0.3, 0.4) is 0 Å². The molecule has 0 saturated carbocycles. The van der Waals surface area contributed by atoms with E-state index in [4.69, 9.17) is 21.1 Å². The van der Waals surface area contributed by atoms with Crippen molar-refractivity contribution >= 4 is 40.8 Å². The van der Waals surface area contributed by atoms with Gasteiger partial charge < -0.3 is 14.8 Å². The Balaban J connectivity index is 1.58. The summed E-state index contributed by atoms with van der Waals surface area (Å²) >= 11 is 6.02. The predicted molar refractivity (Wildman–Crippen MR) is 129 cm³/mol. The minimum absolute atomic E-state index is 0.260. The van der Waals surface area contributed by atoms with Crippen molar-refractivity contribution in [3.05, 3.63) is 88.9 Å². The van der Waals surface area contributed by atoms with Crippen LogP contribution in [0.25, 0.3) is 0 Å². The molecular formula is C25H22ClN3O5. The van der Waals surface area contributed by atoms with E-state index < -0.39 is 17.8 Å². The highest BCUT2D eigenvalue weighted by atomic mass is 35.5. The molecule has 3 aromatic carbocycles. The van der Waals surface area contributed by atoms with Crippen LogP contribution in [0.2, 0.25) is 5.02 Å². The lowest BCUT2D eigenvalue weighted by molar-refractivity contribution is -0.136. The molecule has 174 valence electrons. The van der Waals surface area contributed by atoms with E-state index >= 15 is 0 Å². The van der Waals surface area contributed by atoms with Crippen molar-refractivity contribution < 1.29 is 23.9 Å². The van der Waals surface area contributed by atoms with Crippen molar-refractivity contribution in [3.8, 4) is 11.5 Å². The Morgan fingerprint density at radius 2 is 1.59 bits per heavy atom. The summed E-state index contributed by atoms with van der Waals surface area (Å²) in [6.45, 7) is 3.89. The maximum atomic E-state index is 12.3. The number of carbonyl (C=O) groups excluding carboxylic acids is 3. The monoisotopic (exact) mass is 479 g/mol. The van der Waals surface area contributed by atoms with Gasteiger partial charge in [0, 0.05) is 0 Å². The smallest absolute Gasteiger partial charge is 0.345 e. The van der Waals surface area contributed by atoms with E-state index in [2.05, 4.69) is 15.8 Å². The lowest BCUT2D eigenvalue weighted by atomic mass is 10.1. The molecular weight excluding hydrogens is 458 g/mol. The highest BCUT2D eigenvalue weighted by molar-refractivity contribution is 6.39. The van der Waals surface area contributed by atoms with Crippen molar-refractivity contribution in [1.29, 1.82) is 0 Å². The lowest BCUT2D eigenvalue weighted by Crippen LogP contribution is -2.33. The zero-order chi connectivity index (χ0) is 24.5. The highest BCUT2D eigenvalue weighted by Gasteiger charge is 2.16. The fourth-order valence-electron chi connectivity index (χ4n) is 2.83. The Morgan fingerprint density at radius 3 is 2.29 bits per heavy atom. The number of para-hydroxylation sites is 2. The number of amides is 2. The van der Waals surface area contributed by atoms with Crippen LogP contribution in [0.15, 0.2) is 77.9 Å². The maximum absolute atomic E-state index is 12.3. The van der Waals surface area contributed by atoms with Crippen LogP contribution in [0.1, 0.15) is 29.8 Å². The average Bonchev–Trinajstić information content (AvgIpc) is 2.84. The van der Waals surface area contributed by atoms with Crippen molar-refractivity contribution in [1.82, 2.24) is 5.43 Å². The largest absolute Gasteiger partial charge is 0.492 e. The molecule has 0 atom stereocenters. The Kier molecular flexibility index (Phi) is 8.37. The van der Waals surface area contributed by atoms with Crippen molar-refractivity contribution in [3.63, 3.8) is 0 Å². The number of halogens is 1. The fourth-order valence-corrected chi connectivity index (χ4v) is 3.05. The molecule has 0 aromatic heterocycles. The predicted octanol–water partition coefficient (Wildman–Crippen LogP) is 4.44. The summed E-state index contributed by atoms with van der Waals surface area (Å²) in [6.07, 6.45) is 0. The van der Waals surface area contributed by atoms with Gasteiger partial charge in [-0.25, -0.2) is 10.2 Å². The van der Waals surface area contributed by atoms with Gasteiger partial charge in [-0.05, 0) is 67.9 Å². The highest BCUT2D eigenvalue weighted by Crippen LogP contribution is 2.23. The summed E-state index contributed by atoms with van der Waals surface area (Å²) in [5.41, 5.74) is 3.96. The quantitative estimate of drug-likeness (QED) is 0.171. The van der Waals surface area contributed by atoms with Gasteiger partial charge in [-0.1, -0.05) is 35.9 Å². The second-order valence-electron chi connectivity index (χ2n) is 6.92. The first-order valence-corrected chi connectivity index (χ1v) is 10.7. The number of carbonyl (C=O) groups is 3. The Hall–Kier alpha value is -4.17. The van der Waals surface area contributed by atoms with Crippen LogP contribution in [0, 0.1) is 0 Å². The first-order valence-electron chi connectivity index (χ1n) is 10.3. The molecule has 0 aliphatic rings. The molecule has 0 saturated heterocycles. The van der Waals surface area contributed by atoms with E-state index in [1.807, 2.05) is 6.92 Å². The third-order valence-corrected chi connectivity index (χ3v) is 4.87. The molecule has 0 bridgehead atoms. The molecule has 0 fully saturated rings. The van der Waals surface area contributed by atoms with Crippen LogP contribution < -0.4 is 20.2 Å². The second-order valence-corrected chi connectivity index (χ2v) is 7.32. The first kappa shape index (κ1) is 24.5. The number of ether oxygens (including phenoxy) is 2. The molecule has 0 spiro atoms. The fraction of sp³-hybridized carbons (Fsp3) is 0.120. The van der Waals surface area contributed by atoms with Crippen molar-refractivity contribution in [2.75, 3.05) is 11.9 Å². The van der Waals surface area contributed by atoms with Crippen LogP contribution in [0.4, 0.5) is 5.69 Å². The summed E-state index contributed by atoms with van der Waals surface area (Å²) in [7, 11) is 0. The average molecular weight is 480 g/mol. The van der Waals surface area contributed by atoms with Gasteiger partial charge in [-0.15, -0.1) is 0 Å². The number of anilines is 1. The molecule has 2 amide bonds. The lowest BCUT2D eigenvalue weighted by Gasteiger charge is -2.10. The summed E-state index contributed by atoms with van der Waals surface area (Å²) in [5.74, 6) is -1.62. The zero-order valence-corrected chi connectivity index (χ0v) is 19.3. The van der Waals surface area contributed by atoms with Gasteiger partial charge in [-0.2, -0.15) is 5.10 Å². The summed E-state index contributed by atoms with van der Waals surface area (Å²) in [6, 6.07) is 19.9. The summed E-state index contributed by atoms with van der Waals surface area (Å²) in [5, 5.41) is 6.76. The molecule has 0 unspecified atom stereocenters. The molecule has 34 heavy (non-hydrogen) atoms. The normalized spacial score (nSPS) is 10.9. The molecule has 0 radical (unpaired) electrons. The number of hydrogen-bond acceptors (Lipinski definition) is 6. The van der Waals surface area contributed by atoms with E-state index in [9.17, 15) is 14.4 Å². The van der Waals surface area contributed by atoms with E-state index in [-0.39, 0.29) is 5.56 Å². The van der Waals surface area contributed by atoms with E-state index in [1.165, 1.54) is 0 Å². The number of esters is 1. The van der Waals surface area contributed by atoms with Crippen LogP contribution in [-0.4, -0.2) is 30.1 Å². The van der Waals surface area contributed by atoms with E-state index in [1.54, 1.807) is 79.7 Å². The SMILES string of the molecule is CCOc1ccccc1NC(=O)C(=O)NN=C(C)c1ccc(OC(=O)c2ccccc2Cl)cc1. The number of hydrazone groups is 1. The molecule has 8 nitrogen and oxygen atoms in total. The minimum atomic E-state index is -0.934. The Morgan fingerprint density at radius 1 is 0.912 bits per heavy atom. The zero-order valence-electron chi connectivity index (χ0n) is 18.5. The summed E-state index contributed by atoms with van der Waals surface area (Å²) in [4.78, 5) is 36.6. The minimum Gasteiger partial charge on any atom is -0.492 e. The van der Waals surface area contributed by atoms with Gasteiger partial charge in [0.2, 0.25) is 0 Å². The number of benzene rings is 3. The van der Waals surface area contributed by atoms with E-state index in [0.29, 0.717) is 40.1 Å². The van der Waals surface area contributed by atoms with Crippen LogP contribution in [0.5, 0.6) is 11.5 Å². The Labute approximate surface area is 201 Å². The topological polar surface area (TPSA) is 106 Å². The third kappa shape index (κ3) is 6.43. The van der Waals surface area contributed by atoms with Gasteiger partial charge >= 0.3 is 17.8 Å². The number of nitrogens with one attached hydrogen (secondary N) is 2. The van der Waals surface area contributed by atoms with Crippen molar-refractivity contribution in [2.45, 2.75) is 13.8 Å². The first-order chi connectivity index (χ1) is 16.4. The van der Waals surface area contributed by atoms with E-state index in [0.717, 1.165) is 0 Å². The van der Waals surface area contributed by atoms with Gasteiger partial charge in [0.05, 0.1) is 28.6 Å². The molecule has 0 heterocycles. The molecule has 0 aliphatic heterocycles. The molecule has 3 aromatic rings. The van der Waals surface area contributed by atoms with Crippen molar-refractivity contribution in [2.24, 2.45) is 5.10 Å². The Bertz CT molecular complexity index is 1230. The molecule has 3 rings (SSSR count). The van der Waals surface area contributed by atoms with Crippen LogP contribution >= 0.6 is 11.6 Å².